The summed E-state index contributed by atoms with van der Waals surface area (Å²) >= 11 is 0. The molecule has 0 aliphatic carbocycles. The molecule has 0 atom stereocenters. The van der Waals surface area contributed by atoms with E-state index < -0.39 is 18.5 Å². The summed E-state index contributed by atoms with van der Waals surface area (Å²) in [5.41, 5.74) is 1.90. The lowest BCUT2D eigenvalue weighted by molar-refractivity contribution is 0.00370. The molecule has 1 heterocycles. The molecule has 1 saturated heterocycles. The van der Waals surface area contributed by atoms with Gasteiger partial charge in [0.2, 0.25) is 0 Å². The zero-order valence-corrected chi connectivity index (χ0v) is 21.3. The molecule has 0 saturated carbocycles. The van der Waals surface area contributed by atoms with Crippen molar-refractivity contribution in [1.82, 2.24) is 0 Å². The summed E-state index contributed by atoms with van der Waals surface area (Å²) in [5, 5.41) is 0. The van der Waals surface area contributed by atoms with Gasteiger partial charge in [-0.3, -0.25) is 0 Å². The maximum absolute atomic E-state index is 6.97. The smallest absolute Gasteiger partial charge is 0.383 e. The topological polar surface area (TPSA) is 36.9 Å². The Morgan fingerprint density at radius 1 is 0.541 bits per heavy atom. The van der Waals surface area contributed by atoms with Gasteiger partial charge in [-0.2, -0.15) is 0 Å². The average molecular weight is 492 g/mol. The standard InChI is InChI=1S/C32H33BO4/c1-2-3-24-34-25-26-35-33-36-31(27-16-8-4-9-17-27,28-18-10-5-11-19-28)32(37-33,29-20-12-6-13-21-29)30-22-14-7-15-23-30/h4-23H,2-3,24-26H2,1H3. The van der Waals surface area contributed by atoms with Gasteiger partial charge in [-0.25, -0.2) is 0 Å². The molecule has 37 heavy (non-hydrogen) atoms. The van der Waals surface area contributed by atoms with Gasteiger partial charge in [-0.1, -0.05) is 135 Å². The van der Waals surface area contributed by atoms with E-state index in [4.69, 9.17) is 18.7 Å². The Morgan fingerprint density at radius 3 is 1.27 bits per heavy atom. The molecule has 188 valence electrons. The molecular weight excluding hydrogens is 459 g/mol. The lowest BCUT2D eigenvalue weighted by Gasteiger charge is -2.45. The maximum Gasteiger partial charge on any atom is 0.641 e. The van der Waals surface area contributed by atoms with Gasteiger partial charge >= 0.3 is 7.32 Å². The predicted octanol–water partition coefficient (Wildman–Crippen LogP) is 6.74. The van der Waals surface area contributed by atoms with Crippen molar-refractivity contribution in [2.45, 2.75) is 31.0 Å². The molecular formula is C32H33BO4. The van der Waals surface area contributed by atoms with E-state index in [2.05, 4.69) is 55.5 Å². The van der Waals surface area contributed by atoms with Crippen LogP contribution in [0.25, 0.3) is 0 Å². The average Bonchev–Trinajstić information content (AvgIpc) is 3.34. The van der Waals surface area contributed by atoms with Crippen LogP contribution in [-0.4, -0.2) is 27.1 Å². The first-order valence-electron chi connectivity index (χ1n) is 13.1. The molecule has 1 aliphatic rings. The molecule has 0 bridgehead atoms. The van der Waals surface area contributed by atoms with E-state index in [1.54, 1.807) is 0 Å². The van der Waals surface area contributed by atoms with Gasteiger partial charge in [0.25, 0.3) is 0 Å². The highest BCUT2D eigenvalue weighted by Gasteiger charge is 2.66. The number of benzene rings is 4. The van der Waals surface area contributed by atoms with Crippen molar-refractivity contribution in [3.8, 4) is 0 Å². The second-order valence-electron chi connectivity index (χ2n) is 9.19. The van der Waals surface area contributed by atoms with Gasteiger partial charge in [-0.15, -0.1) is 0 Å². The Labute approximate surface area is 220 Å². The molecule has 0 unspecified atom stereocenters. The Bertz CT molecular complexity index is 1050. The second kappa shape index (κ2) is 11.9. The van der Waals surface area contributed by atoms with Crippen molar-refractivity contribution in [2.24, 2.45) is 0 Å². The summed E-state index contributed by atoms with van der Waals surface area (Å²) in [6, 6.07) is 41.2. The fraction of sp³-hybridized carbons (Fsp3) is 0.250. The van der Waals surface area contributed by atoms with Crippen LogP contribution in [0, 0.1) is 0 Å². The zero-order valence-electron chi connectivity index (χ0n) is 21.3. The summed E-state index contributed by atoms with van der Waals surface area (Å²) in [7, 11) is -0.907. The first-order valence-corrected chi connectivity index (χ1v) is 13.1. The van der Waals surface area contributed by atoms with Gasteiger partial charge in [0.1, 0.15) is 11.2 Å². The highest BCUT2D eigenvalue weighted by Crippen LogP contribution is 2.58. The van der Waals surface area contributed by atoms with Crippen LogP contribution >= 0.6 is 0 Å². The SMILES string of the molecule is CCCCOCCOB1OC(c2ccccc2)(c2ccccc2)C(c2ccccc2)(c2ccccc2)O1. The lowest BCUT2D eigenvalue weighted by Crippen LogP contribution is -2.48. The van der Waals surface area contributed by atoms with Crippen molar-refractivity contribution in [2.75, 3.05) is 19.8 Å². The van der Waals surface area contributed by atoms with E-state index in [9.17, 15) is 0 Å². The van der Waals surface area contributed by atoms with E-state index in [-0.39, 0.29) is 0 Å². The van der Waals surface area contributed by atoms with Crippen LogP contribution in [0.1, 0.15) is 42.0 Å². The minimum absolute atomic E-state index is 0.369. The molecule has 0 aromatic heterocycles. The van der Waals surface area contributed by atoms with Gasteiger partial charge < -0.3 is 18.7 Å². The molecule has 1 fully saturated rings. The van der Waals surface area contributed by atoms with Crippen LogP contribution in [0.5, 0.6) is 0 Å². The van der Waals surface area contributed by atoms with Crippen molar-refractivity contribution < 1.29 is 18.7 Å². The molecule has 5 heteroatoms. The maximum atomic E-state index is 6.97. The number of unbranched alkanes of at least 4 members (excludes halogenated alkanes) is 1. The van der Waals surface area contributed by atoms with Crippen LogP contribution in [0.4, 0.5) is 0 Å². The lowest BCUT2D eigenvalue weighted by atomic mass is 9.66. The highest BCUT2D eigenvalue weighted by atomic mass is 16.8. The van der Waals surface area contributed by atoms with Crippen LogP contribution in [0.3, 0.4) is 0 Å². The minimum atomic E-state index is -1.02. The number of rotatable bonds is 11. The van der Waals surface area contributed by atoms with Crippen molar-refractivity contribution in [3.63, 3.8) is 0 Å². The monoisotopic (exact) mass is 492 g/mol. The van der Waals surface area contributed by atoms with Crippen LogP contribution in [-0.2, 0) is 29.9 Å². The quantitative estimate of drug-likeness (QED) is 0.172. The third-order valence-electron chi connectivity index (χ3n) is 6.89. The minimum Gasteiger partial charge on any atom is -0.383 e. The number of hydrogen-bond acceptors (Lipinski definition) is 4. The van der Waals surface area contributed by atoms with E-state index in [0.29, 0.717) is 13.2 Å². The van der Waals surface area contributed by atoms with Crippen molar-refractivity contribution in [3.05, 3.63) is 144 Å². The van der Waals surface area contributed by atoms with Crippen LogP contribution < -0.4 is 0 Å². The normalized spacial score (nSPS) is 16.1. The molecule has 1 aliphatic heterocycles. The number of ether oxygens (including phenoxy) is 1. The summed E-state index contributed by atoms with van der Waals surface area (Å²) in [5.74, 6) is 0. The van der Waals surface area contributed by atoms with Crippen molar-refractivity contribution in [1.29, 1.82) is 0 Å². The Hall–Kier alpha value is -3.22. The summed E-state index contributed by atoms with van der Waals surface area (Å²) in [6.07, 6.45) is 2.13. The third kappa shape index (κ3) is 4.88. The largest absolute Gasteiger partial charge is 0.641 e. The molecule has 0 spiro atoms. The third-order valence-corrected chi connectivity index (χ3v) is 6.89. The summed E-state index contributed by atoms with van der Waals surface area (Å²) in [6.45, 7) is 3.73. The van der Waals surface area contributed by atoms with E-state index >= 15 is 0 Å². The second-order valence-corrected chi connectivity index (χ2v) is 9.19. The van der Waals surface area contributed by atoms with Crippen LogP contribution in [0.2, 0.25) is 0 Å². The van der Waals surface area contributed by atoms with Gasteiger partial charge in [0.05, 0.1) is 13.2 Å². The predicted molar refractivity (Wildman–Crippen MR) is 147 cm³/mol. The Balaban J connectivity index is 1.68. The van der Waals surface area contributed by atoms with E-state index in [0.717, 1.165) is 41.7 Å². The first-order chi connectivity index (χ1) is 18.3. The van der Waals surface area contributed by atoms with Crippen LogP contribution in [0.15, 0.2) is 121 Å². The van der Waals surface area contributed by atoms with Gasteiger partial charge in [0, 0.05) is 6.61 Å². The molecule has 0 radical (unpaired) electrons. The fourth-order valence-electron chi connectivity index (χ4n) is 5.21. The fourth-order valence-corrected chi connectivity index (χ4v) is 5.21. The van der Waals surface area contributed by atoms with Gasteiger partial charge in [0.15, 0.2) is 0 Å². The van der Waals surface area contributed by atoms with E-state index in [1.165, 1.54) is 0 Å². The first kappa shape index (κ1) is 25.4. The van der Waals surface area contributed by atoms with E-state index in [1.807, 2.05) is 72.8 Å². The highest BCUT2D eigenvalue weighted by molar-refractivity contribution is 6.38. The summed E-state index contributed by atoms with van der Waals surface area (Å²) < 4.78 is 25.9. The molecule has 4 aromatic rings. The molecule has 4 aromatic carbocycles. The molecule has 0 amide bonds. The molecule has 4 nitrogen and oxygen atoms in total. The van der Waals surface area contributed by atoms with Gasteiger partial charge in [-0.05, 0) is 28.7 Å². The number of hydrogen-bond donors (Lipinski definition) is 0. The zero-order chi connectivity index (χ0) is 25.4. The Morgan fingerprint density at radius 2 is 0.919 bits per heavy atom. The molecule has 5 rings (SSSR count). The summed E-state index contributed by atoms with van der Waals surface area (Å²) in [4.78, 5) is 0. The van der Waals surface area contributed by atoms with Crippen molar-refractivity contribution >= 4 is 7.32 Å². The Kier molecular flexibility index (Phi) is 8.17. The molecule has 0 N–H and O–H groups in total.